The Balaban J connectivity index is 1.79. The lowest BCUT2D eigenvalue weighted by Crippen LogP contribution is -2.41. The SMILES string of the molecule is CCOc1cc([C@@H]2C(C(=O)OCCOC)=C(C)N=C3C[C@H](c4ccc(OC)c(OC)c4)CC(=O)C32)cc(Br)c1O. The van der Waals surface area contributed by atoms with E-state index in [0.717, 1.165) is 5.56 Å². The molecule has 1 unspecified atom stereocenters. The topological polar surface area (TPSA) is 113 Å². The van der Waals surface area contributed by atoms with Gasteiger partial charge in [0.15, 0.2) is 23.0 Å². The van der Waals surface area contributed by atoms with Crippen molar-refractivity contribution in [3.05, 3.63) is 57.2 Å². The lowest BCUT2D eigenvalue weighted by molar-refractivity contribution is -0.140. The minimum atomic E-state index is -0.670. The molecule has 1 N–H and O–H groups in total. The molecule has 4 rings (SSSR count). The number of carbonyl (C=O) groups is 2. The Hall–Kier alpha value is -3.37. The van der Waals surface area contributed by atoms with Crippen molar-refractivity contribution in [3.63, 3.8) is 0 Å². The summed E-state index contributed by atoms with van der Waals surface area (Å²) >= 11 is 3.41. The number of allylic oxidation sites excluding steroid dienone is 1. The molecule has 40 heavy (non-hydrogen) atoms. The van der Waals surface area contributed by atoms with Crippen molar-refractivity contribution in [2.45, 2.75) is 38.5 Å². The number of rotatable bonds is 10. The molecule has 2 aromatic carbocycles. The normalized spacial score (nSPS) is 20.5. The second-order valence-electron chi connectivity index (χ2n) is 9.65. The zero-order chi connectivity index (χ0) is 29.0. The lowest BCUT2D eigenvalue weighted by Gasteiger charge is -2.38. The van der Waals surface area contributed by atoms with Gasteiger partial charge >= 0.3 is 5.97 Å². The lowest BCUT2D eigenvalue weighted by atomic mass is 9.66. The number of aromatic hydroxyl groups is 1. The summed E-state index contributed by atoms with van der Waals surface area (Å²) in [7, 11) is 4.68. The van der Waals surface area contributed by atoms with E-state index in [9.17, 15) is 14.7 Å². The van der Waals surface area contributed by atoms with Crippen molar-refractivity contribution in [1.29, 1.82) is 0 Å². The zero-order valence-electron chi connectivity index (χ0n) is 23.3. The summed E-state index contributed by atoms with van der Waals surface area (Å²) in [6.07, 6.45) is 0.793. The van der Waals surface area contributed by atoms with Crippen LogP contribution in [0, 0.1) is 5.92 Å². The van der Waals surface area contributed by atoms with Gasteiger partial charge in [0.05, 0.1) is 43.4 Å². The fraction of sp³-hybridized carbons (Fsp3) is 0.433. The molecule has 1 aliphatic heterocycles. The van der Waals surface area contributed by atoms with Gasteiger partial charge in [0.2, 0.25) is 0 Å². The third-order valence-corrected chi connectivity index (χ3v) is 7.89. The van der Waals surface area contributed by atoms with Gasteiger partial charge in [-0.2, -0.15) is 0 Å². The predicted octanol–water partition coefficient (Wildman–Crippen LogP) is 5.34. The highest BCUT2D eigenvalue weighted by Gasteiger charge is 2.46. The summed E-state index contributed by atoms with van der Waals surface area (Å²) in [6, 6.07) is 9.06. The number of benzene rings is 2. The Morgan fingerprint density at radius 1 is 1.00 bits per heavy atom. The summed E-state index contributed by atoms with van der Waals surface area (Å²) in [5.41, 5.74) is 3.08. The Labute approximate surface area is 242 Å². The van der Waals surface area contributed by atoms with Crippen LogP contribution in [0.5, 0.6) is 23.0 Å². The van der Waals surface area contributed by atoms with Crippen LogP contribution in [0.1, 0.15) is 49.7 Å². The molecule has 1 heterocycles. The number of esters is 1. The maximum atomic E-state index is 13.9. The number of phenols is 1. The Kier molecular flexibility index (Phi) is 9.52. The van der Waals surface area contributed by atoms with Crippen LogP contribution in [0.4, 0.5) is 0 Å². The molecule has 0 saturated heterocycles. The van der Waals surface area contributed by atoms with E-state index in [1.165, 1.54) is 7.11 Å². The summed E-state index contributed by atoms with van der Waals surface area (Å²) in [4.78, 5) is 32.1. The van der Waals surface area contributed by atoms with Crippen LogP contribution in [0.15, 0.2) is 51.1 Å². The first kappa shape index (κ1) is 29.6. The first-order chi connectivity index (χ1) is 19.2. The van der Waals surface area contributed by atoms with Crippen molar-refractivity contribution in [2.75, 3.05) is 41.2 Å². The van der Waals surface area contributed by atoms with Gasteiger partial charge in [0, 0.05) is 30.9 Å². The van der Waals surface area contributed by atoms with E-state index in [2.05, 4.69) is 15.9 Å². The summed E-state index contributed by atoms with van der Waals surface area (Å²) in [5.74, 6) is -0.640. The van der Waals surface area contributed by atoms with E-state index in [-0.39, 0.29) is 42.8 Å². The Morgan fingerprint density at radius 2 is 1.73 bits per heavy atom. The minimum absolute atomic E-state index is 0.0355. The molecule has 1 fully saturated rings. The van der Waals surface area contributed by atoms with Crippen LogP contribution < -0.4 is 14.2 Å². The van der Waals surface area contributed by atoms with E-state index < -0.39 is 17.8 Å². The maximum Gasteiger partial charge on any atom is 0.336 e. The highest BCUT2D eigenvalue weighted by Crippen LogP contribution is 2.49. The highest BCUT2D eigenvalue weighted by atomic mass is 79.9. The number of ether oxygens (including phenoxy) is 5. The van der Waals surface area contributed by atoms with Gasteiger partial charge in [-0.05, 0) is 77.5 Å². The van der Waals surface area contributed by atoms with Gasteiger partial charge < -0.3 is 28.8 Å². The highest BCUT2D eigenvalue weighted by molar-refractivity contribution is 9.10. The molecule has 10 heteroatoms. The predicted molar refractivity (Wildman–Crippen MR) is 153 cm³/mol. The van der Waals surface area contributed by atoms with E-state index >= 15 is 0 Å². The standard InChI is InChI=1S/C30H34BrNO8/c1-6-39-25-15-19(11-20(31)29(25)34)27-26(30(35)40-10-9-36-3)16(2)32-21-12-18(13-22(33)28(21)27)17-7-8-23(37-4)24(14-17)38-5/h7-8,11,14-15,18,27-28,34H,6,9-10,12-13H2,1-5H3/t18-,27+,28?/m0/s1. The number of Topliss-reactive ketones (excluding diaryl/α,β-unsaturated/α-hetero) is 1. The van der Waals surface area contributed by atoms with Crippen LogP contribution in [-0.2, 0) is 19.1 Å². The average molecular weight is 617 g/mol. The molecule has 2 aromatic rings. The van der Waals surface area contributed by atoms with Crippen LogP contribution in [0.3, 0.4) is 0 Å². The first-order valence-electron chi connectivity index (χ1n) is 13.1. The molecule has 0 bridgehead atoms. The molecule has 1 saturated carbocycles. The first-order valence-corrected chi connectivity index (χ1v) is 13.9. The third kappa shape index (κ3) is 5.88. The van der Waals surface area contributed by atoms with E-state index in [1.807, 2.05) is 25.1 Å². The van der Waals surface area contributed by atoms with Gasteiger partial charge in [0.25, 0.3) is 0 Å². The number of aliphatic imine (C=N–C) groups is 1. The number of nitrogens with zero attached hydrogens (tertiary/aromatic N) is 1. The molecule has 214 valence electrons. The number of fused-ring (bicyclic) bond motifs is 1. The van der Waals surface area contributed by atoms with Crippen LogP contribution in [0.2, 0.25) is 0 Å². The molecular formula is C30H34BrNO8. The number of hydrogen-bond donors (Lipinski definition) is 1. The number of halogens is 1. The molecule has 0 spiro atoms. The van der Waals surface area contributed by atoms with Crippen molar-refractivity contribution in [1.82, 2.24) is 0 Å². The zero-order valence-corrected chi connectivity index (χ0v) is 24.9. The second-order valence-corrected chi connectivity index (χ2v) is 10.5. The number of hydrogen-bond acceptors (Lipinski definition) is 9. The second kappa shape index (κ2) is 12.9. The Morgan fingerprint density at radius 3 is 2.40 bits per heavy atom. The molecule has 0 radical (unpaired) electrons. The molecule has 9 nitrogen and oxygen atoms in total. The van der Waals surface area contributed by atoms with Crippen molar-refractivity contribution < 1.29 is 38.4 Å². The summed E-state index contributed by atoms with van der Waals surface area (Å²) < 4.78 is 27.5. The van der Waals surface area contributed by atoms with Gasteiger partial charge in [0.1, 0.15) is 12.4 Å². The third-order valence-electron chi connectivity index (χ3n) is 7.28. The number of methoxy groups -OCH3 is 3. The molecule has 0 amide bonds. The van der Waals surface area contributed by atoms with E-state index in [4.69, 9.17) is 28.7 Å². The van der Waals surface area contributed by atoms with Gasteiger partial charge in [-0.1, -0.05) is 6.07 Å². The quantitative estimate of drug-likeness (QED) is 0.282. The van der Waals surface area contributed by atoms with Crippen molar-refractivity contribution in [2.24, 2.45) is 10.9 Å². The largest absolute Gasteiger partial charge is 0.503 e. The molecule has 2 aliphatic rings. The van der Waals surface area contributed by atoms with Crippen LogP contribution in [0.25, 0.3) is 0 Å². The number of ketones is 1. The fourth-order valence-electron chi connectivity index (χ4n) is 5.48. The number of phenolic OH excluding ortho intramolecular Hbond substituents is 1. The fourth-order valence-corrected chi connectivity index (χ4v) is 5.94. The van der Waals surface area contributed by atoms with Crippen molar-refractivity contribution in [3.8, 4) is 23.0 Å². The van der Waals surface area contributed by atoms with Gasteiger partial charge in [-0.25, -0.2) is 4.79 Å². The monoisotopic (exact) mass is 615 g/mol. The van der Waals surface area contributed by atoms with Crippen LogP contribution >= 0.6 is 15.9 Å². The van der Waals surface area contributed by atoms with E-state index in [1.54, 1.807) is 33.3 Å². The van der Waals surface area contributed by atoms with Gasteiger partial charge in [-0.15, -0.1) is 0 Å². The summed E-state index contributed by atoms with van der Waals surface area (Å²) in [5, 5.41) is 10.5. The molecule has 0 aromatic heterocycles. The van der Waals surface area contributed by atoms with E-state index in [0.29, 0.717) is 51.5 Å². The van der Waals surface area contributed by atoms with Gasteiger partial charge in [-0.3, -0.25) is 9.79 Å². The average Bonchev–Trinajstić information content (AvgIpc) is 2.94. The Bertz CT molecular complexity index is 1350. The number of carbonyl (C=O) groups excluding carboxylic acids is 2. The molecule has 3 atom stereocenters. The smallest absolute Gasteiger partial charge is 0.336 e. The summed E-state index contributed by atoms with van der Waals surface area (Å²) in [6.45, 7) is 4.21. The molecule has 1 aliphatic carbocycles. The molecular weight excluding hydrogens is 582 g/mol. The minimum Gasteiger partial charge on any atom is -0.503 e. The maximum absolute atomic E-state index is 13.9. The van der Waals surface area contributed by atoms with Crippen LogP contribution in [-0.4, -0.2) is 63.7 Å². The van der Waals surface area contributed by atoms with Crippen molar-refractivity contribution >= 4 is 33.4 Å².